The number of nitrogens with zero attached hydrogens (tertiary/aromatic N) is 3. The average molecular weight is 345 g/mol. The molecule has 1 saturated carbocycles. The third kappa shape index (κ3) is 5.34. The van der Waals surface area contributed by atoms with Gasteiger partial charge < -0.3 is 9.47 Å². The van der Waals surface area contributed by atoms with Gasteiger partial charge in [-0.1, -0.05) is 28.9 Å². The smallest absolute Gasteiger partial charge is 0.0971 e. The van der Waals surface area contributed by atoms with E-state index < -0.39 is 0 Å². The Labute approximate surface area is 151 Å². The van der Waals surface area contributed by atoms with Gasteiger partial charge in [0.1, 0.15) is 0 Å². The van der Waals surface area contributed by atoms with E-state index in [1.165, 1.54) is 5.57 Å². The second-order valence-electron chi connectivity index (χ2n) is 8.69. The minimum Gasteiger partial charge on any atom is -0.369 e. The van der Waals surface area contributed by atoms with Gasteiger partial charge in [-0.2, -0.15) is 0 Å². The van der Waals surface area contributed by atoms with E-state index >= 15 is 0 Å². The van der Waals surface area contributed by atoms with E-state index in [4.69, 9.17) is 15.0 Å². The lowest BCUT2D eigenvalue weighted by atomic mass is 9.84. The van der Waals surface area contributed by atoms with Gasteiger partial charge >= 0.3 is 0 Å². The van der Waals surface area contributed by atoms with Crippen molar-refractivity contribution in [3.05, 3.63) is 34.2 Å². The second-order valence-corrected chi connectivity index (χ2v) is 8.69. The van der Waals surface area contributed by atoms with Gasteiger partial charge in [0.2, 0.25) is 0 Å². The predicted molar refractivity (Wildman–Crippen MR) is 99.3 cm³/mol. The van der Waals surface area contributed by atoms with Crippen molar-refractivity contribution in [2.45, 2.75) is 89.1 Å². The van der Waals surface area contributed by atoms with Gasteiger partial charge in [-0.15, -0.1) is 0 Å². The van der Waals surface area contributed by atoms with Crippen molar-refractivity contribution in [1.82, 2.24) is 0 Å². The number of hydrogen-bond acceptors (Lipinski definition) is 3. The van der Waals surface area contributed by atoms with Crippen molar-refractivity contribution >= 4 is 0 Å². The lowest BCUT2D eigenvalue weighted by Crippen LogP contribution is -2.43. The van der Waals surface area contributed by atoms with Crippen LogP contribution in [0.25, 0.3) is 10.4 Å². The van der Waals surface area contributed by atoms with Gasteiger partial charge in [-0.3, -0.25) is 0 Å². The minimum absolute atomic E-state index is 0.0823. The van der Waals surface area contributed by atoms with Gasteiger partial charge in [-0.05, 0) is 64.3 Å². The monoisotopic (exact) mass is 345 g/mol. The Balaban J connectivity index is 1.47. The van der Waals surface area contributed by atoms with Crippen LogP contribution in [0.5, 0.6) is 0 Å². The molecule has 5 heteroatoms. The molecule has 2 saturated heterocycles. The van der Waals surface area contributed by atoms with E-state index in [0.29, 0.717) is 0 Å². The van der Waals surface area contributed by atoms with Crippen LogP contribution in [0.15, 0.2) is 28.9 Å². The highest BCUT2D eigenvalue weighted by Gasteiger charge is 2.53. The van der Waals surface area contributed by atoms with Crippen LogP contribution in [-0.2, 0) is 9.47 Å². The lowest BCUT2D eigenvalue weighted by molar-refractivity contribution is -0.112. The third-order valence-corrected chi connectivity index (χ3v) is 5.72. The Hall–Kier alpha value is -1.29. The summed E-state index contributed by atoms with van der Waals surface area (Å²) in [6.07, 6.45) is 14.4. The third-order valence-electron chi connectivity index (χ3n) is 5.72. The van der Waals surface area contributed by atoms with Gasteiger partial charge in [-0.25, -0.2) is 0 Å². The summed E-state index contributed by atoms with van der Waals surface area (Å²) in [7, 11) is 0. The Kier molecular flexibility index (Phi) is 5.57. The van der Waals surface area contributed by atoms with Crippen LogP contribution in [0.1, 0.15) is 65.7 Å². The van der Waals surface area contributed by atoms with Crippen molar-refractivity contribution in [2.24, 2.45) is 11.0 Å². The van der Waals surface area contributed by atoms with E-state index in [9.17, 15) is 0 Å². The summed E-state index contributed by atoms with van der Waals surface area (Å²) in [6, 6.07) is 0.218. The maximum absolute atomic E-state index is 8.52. The molecule has 2 aliphatic heterocycles. The largest absolute Gasteiger partial charge is 0.369 e. The van der Waals surface area contributed by atoms with Gasteiger partial charge in [0.15, 0.2) is 0 Å². The number of rotatable bonds is 5. The molecule has 0 bridgehead atoms. The zero-order chi connectivity index (χ0) is 17.9. The van der Waals surface area contributed by atoms with E-state index in [2.05, 4.69) is 49.0 Å². The van der Waals surface area contributed by atoms with Crippen molar-refractivity contribution in [3.8, 4) is 0 Å². The number of azide groups is 1. The van der Waals surface area contributed by atoms with Crippen molar-refractivity contribution in [3.63, 3.8) is 0 Å². The first-order chi connectivity index (χ1) is 11.9. The van der Waals surface area contributed by atoms with Gasteiger partial charge in [0.05, 0.1) is 23.9 Å². The molecule has 0 amide bonds. The van der Waals surface area contributed by atoms with Crippen LogP contribution in [-0.4, -0.2) is 30.0 Å². The molecule has 2 atom stereocenters. The molecule has 0 aromatic heterocycles. The minimum atomic E-state index is -0.105. The van der Waals surface area contributed by atoms with Gasteiger partial charge in [0, 0.05) is 23.8 Å². The lowest BCUT2D eigenvalue weighted by Gasteiger charge is -2.38. The number of allylic oxidation sites excluding steroid dienone is 3. The van der Waals surface area contributed by atoms with Crippen molar-refractivity contribution < 1.29 is 9.47 Å². The molecule has 0 aromatic rings. The van der Waals surface area contributed by atoms with Gasteiger partial charge in [0.25, 0.3) is 0 Å². The van der Waals surface area contributed by atoms with Crippen LogP contribution < -0.4 is 0 Å². The molecule has 3 fully saturated rings. The number of ether oxygens (including phenoxy) is 2. The molecule has 3 aliphatic rings. The van der Waals surface area contributed by atoms with E-state index in [0.717, 1.165) is 57.5 Å². The molecule has 0 aromatic carbocycles. The maximum atomic E-state index is 8.52. The second kappa shape index (κ2) is 7.53. The van der Waals surface area contributed by atoms with Crippen LogP contribution in [0.2, 0.25) is 0 Å². The molecular weight excluding hydrogens is 314 g/mol. The van der Waals surface area contributed by atoms with Crippen LogP contribution >= 0.6 is 0 Å². The fourth-order valence-electron chi connectivity index (χ4n) is 4.39. The Morgan fingerprint density at radius 1 is 1.28 bits per heavy atom. The van der Waals surface area contributed by atoms with Crippen LogP contribution in [0, 0.1) is 5.92 Å². The summed E-state index contributed by atoms with van der Waals surface area (Å²) < 4.78 is 11.9. The molecule has 0 unspecified atom stereocenters. The number of hydrogen-bond donors (Lipinski definition) is 0. The fraction of sp³-hybridized carbons (Fsp3) is 0.800. The van der Waals surface area contributed by atoms with E-state index in [1.54, 1.807) is 0 Å². The standard InChI is InChI=1S/C20H31N3O2/c1-15(4-6-16-7-9-17(10-8-16)22-23-21)5-11-18-12-20(14-24-20)13-19(2,3)25-18/h4-5,11,16-18H,6-10,12-14H2,1-3H3/t16?,17?,18-,20-/m1/s1. The zero-order valence-corrected chi connectivity index (χ0v) is 15.8. The Morgan fingerprint density at radius 2 is 2.00 bits per heavy atom. The molecule has 1 spiro atoms. The molecule has 0 radical (unpaired) electrons. The first kappa shape index (κ1) is 18.5. The average Bonchev–Trinajstić information content (AvgIpc) is 3.29. The van der Waals surface area contributed by atoms with Crippen LogP contribution in [0.3, 0.4) is 0 Å². The quantitative estimate of drug-likeness (QED) is 0.218. The molecule has 138 valence electrons. The first-order valence-corrected chi connectivity index (χ1v) is 9.61. The Morgan fingerprint density at radius 3 is 2.64 bits per heavy atom. The summed E-state index contributed by atoms with van der Waals surface area (Å²) in [6.45, 7) is 7.37. The van der Waals surface area contributed by atoms with E-state index in [1.807, 2.05) is 0 Å². The summed E-state index contributed by atoms with van der Waals surface area (Å²) >= 11 is 0. The molecule has 5 nitrogen and oxygen atoms in total. The maximum Gasteiger partial charge on any atom is 0.0971 e. The van der Waals surface area contributed by atoms with Crippen LogP contribution in [0.4, 0.5) is 0 Å². The number of epoxide rings is 1. The molecule has 3 rings (SSSR count). The zero-order valence-electron chi connectivity index (χ0n) is 15.8. The molecule has 2 heterocycles. The summed E-state index contributed by atoms with van der Waals surface area (Å²) in [5.74, 6) is 0.724. The highest BCUT2D eigenvalue weighted by Crippen LogP contribution is 2.46. The molecular formula is C20H31N3O2. The summed E-state index contributed by atoms with van der Waals surface area (Å²) in [5.41, 5.74) is 9.80. The molecule has 25 heavy (non-hydrogen) atoms. The summed E-state index contributed by atoms with van der Waals surface area (Å²) in [5, 5.41) is 3.85. The summed E-state index contributed by atoms with van der Waals surface area (Å²) in [4.78, 5) is 2.94. The van der Waals surface area contributed by atoms with Crippen molar-refractivity contribution in [1.29, 1.82) is 0 Å². The highest BCUT2D eigenvalue weighted by molar-refractivity contribution is 5.19. The Bertz CT molecular complexity index is 572. The molecule has 1 aliphatic carbocycles. The first-order valence-electron chi connectivity index (χ1n) is 9.61. The van der Waals surface area contributed by atoms with Crippen molar-refractivity contribution in [2.75, 3.05) is 6.61 Å². The fourth-order valence-corrected chi connectivity index (χ4v) is 4.39. The predicted octanol–water partition coefficient (Wildman–Crippen LogP) is 5.47. The topological polar surface area (TPSA) is 70.5 Å². The highest BCUT2D eigenvalue weighted by atomic mass is 16.6. The normalized spacial score (nSPS) is 37.9. The van der Waals surface area contributed by atoms with E-state index in [-0.39, 0.29) is 23.3 Å². The SMILES string of the molecule is CC(C=C[C@@H]1C[C@]2(CO2)CC(C)(C)O1)=CCC1CCC(N=[N+]=[N-])CC1. The molecule has 0 N–H and O–H groups in total.